The van der Waals surface area contributed by atoms with Crippen molar-refractivity contribution in [2.75, 3.05) is 5.32 Å². The quantitative estimate of drug-likeness (QED) is 0.840. The summed E-state index contributed by atoms with van der Waals surface area (Å²) in [5, 5.41) is 13.5. The summed E-state index contributed by atoms with van der Waals surface area (Å²) in [5.74, 6) is -0.239. The molecule has 2 rings (SSSR count). The minimum absolute atomic E-state index is 0.0249. The summed E-state index contributed by atoms with van der Waals surface area (Å²) in [7, 11) is 0. The van der Waals surface area contributed by atoms with Crippen LogP contribution < -0.4 is 5.32 Å². The van der Waals surface area contributed by atoms with Gasteiger partial charge in [-0.25, -0.2) is 4.98 Å². The molecule has 0 aromatic carbocycles. The standard InChI is InChI=1S/C13H18N2O3S/c16-11(6-5-9-3-1-2-4-9)15-13-14-10(8-19-13)7-12(17)18/h8-9H,1-7H2,(H,17,18)(H,14,15,16). The van der Waals surface area contributed by atoms with Gasteiger partial charge in [-0.1, -0.05) is 25.7 Å². The summed E-state index contributed by atoms with van der Waals surface area (Å²) in [6.07, 6.45) is 6.43. The van der Waals surface area contributed by atoms with Crippen LogP contribution in [0.3, 0.4) is 0 Å². The first-order valence-corrected chi connectivity index (χ1v) is 7.47. The monoisotopic (exact) mass is 282 g/mol. The first-order valence-electron chi connectivity index (χ1n) is 6.59. The molecule has 1 saturated carbocycles. The van der Waals surface area contributed by atoms with Crippen molar-refractivity contribution in [3.8, 4) is 0 Å². The number of nitrogens with one attached hydrogen (secondary N) is 1. The SMILES string of the molecule is O=C(O)Cc1csc(NC(=O)CCC2CCCC2)n1. The Hall–Kier alpha value is -1.43. The topological polar surface area (TPSA) is 79.3 Å². The molecule has 1 aromatic rings. The van der Waals surface area contributed by atoms with Gasteiger partial charge in [0, 0.05) is 11.8 Å². The van der Waals surface area contributed by atoms with Gasteiger partial charge in [0.05, 0.1) is 12.1 Å². The molecule has 104 valence electrons. The van der Waals surface area contributed by atoms with E-state index in [1.165, 1.54) is 37.0 Å². The Morgan fingerprint density at radius 1 is 1.42 bits per heavy atom. The molecule has 0 atom stereocenters. The molecule has 6 heteroatoms. The highest BCUT2D eigenvalue weighted by atomic mass is 32.1. The predicted molar refractivity (Wildman–Crippen MR) is 73.3 cm³/mol. The smallest absolute Gasteiger partial charge is 0.309 e. The molecular formula is C13H18N2O3S. The molecule has 19 heavy (non-hydrogen) atoms. The van der Waals surface area contributed by atoms with Crippen molar-refractivity contribution in [1.82, 2.24) is 4.98 Å². The van der Waals surface area contributed by atoms with Crippen molar-refractivity contribution < 1.29 is 14.7 Å². The Bertz CT molecular complexity index is 452. The molecule has 5 nitrogen and oxygen atoms in total. The third kappa shape index (κ3) is 4.63. The van der Waals surface area contributed by atoms with Crippen LogP contribution in [0.2, 0.25) is 0 Å². The second-order valence-corrected chi connectivity index (χ2v) is 5.81. The highest BCUT2D eigenvalue weighted by molar-refractivity contribution is 7.13. The maximum Gasteiger partial charge on any atom is 0.309 e. The van der Waals surface area contributed by atoms with E-state index >= 15 is 0 Å². The van der Waals surface area contributed by atoms with E-state index in [1.54, 1.807) is 5.38 Å². The van der Waals surface area contributed by atoms with Crippen molar-refractivity contribution in [1.29, 1.82) is 0 Å². The number of hydrogen-bond donors (Lipinski definition) is 2. The second-order valence-electron chi connectivity index (χ2n) is 4.95. The van der Waals surface area contributed by atoms with Crippen LogP contribution in [0.5, 0.6) is 0 Å². The van der Waals surface area contributed by atoms with Gasteiger partial charge < -0.3 is 10.4 Å². The number of hydrogen-bond acceptors (Lipinski definition) is 4. The summed E-state index contributed by atoms with van der Waals surface area (Å²) >= 11 is 1.27. The van der Waals surface area contributed by atoms with Gasteiger partial charge in [0.1, 0.15) is 0 Å². The molecule has 1 aliphatic rings. The van der Waals surface area contributed by atoms with E-state index in [1.807, 2.05) is 0 Å². The lowest BCUT2D eigenvalue weighted by atomic mass is 10.0. The number of carboxylic acid groups (broad SMARTS) is 1. The van der Waals surface area contributed by atoms with Gasteiger partial charge in [0.25, 0.3) is 0 Å². The Labute approximate surface area is 116 Å². The number of thiazole rings is 1. The van der Waals surface area contributed by atoms with Gasteiger partial charge in [0.15, 0.2) is 5.13 Å². The lowest BCUT2D eigenvalue weighted by Crippen LogP contribution is -2.12. The molecule has 0 bridgehead atoms. The minimum Gasteiger partial charge on any atom is -0.481 e. The van der Waals surface area contributed by atoms with Gasteiger partial charge in [-0.15, -0.1) is 11.3 Å². The normalized spacial score (nSPS) is 15.6. The molecule has 0 unspecified atom stereocenters. The van der Waals surface area contributed by atoms with E-state index in [0.717, 1.165) is 6.42 Å². The number of aromatic nitrogens is 1. The third-order valence-electron chi connectivity index (χ3n) is 3.38. The van der Waals surface area contributed by atoms with Crippen molar-refractivity contribution in [3.05, 3.63) is 11.1 Å². The van der Waals surface area contributed by atoms with Crippen LogP contribution in [-0.2, 0) is 16.0 Å². The molecule has 1 heterocycles. The summed E-state index contributed by atoms with van der Waals surface area (Å²) in [4.78, 5) is 26.3. The fraction of sp³-hybridized carbons (Fsp3) is 0.615. The first-order chi connectivity index (χ1) is 9.13. The van der Waals surface area contributed by atoms with E-state index in [0.29, 0.717) is 23.2 Å². The molecule has 1 aliphatic carbocycles. The van der Waals surface area contributed by atoms with Crippen molar-refractivity contribution in [2.24, 2.45) is 5.92 Å². The average Bonchev–Trinajstić information content (AvgIpc) is 2.97. The molecule has 0 spiro atoms. The van der Waals surface area contributed by atoms with Crippen molar-refractivity contribution >= 4 is 28.3 Å². The predicted octanol–water partition coefficient (Wildman–Crippen LogP) is 2.68. The Kier molecular flexibility index (Phi) is 4.90. The molecule has 1 fully saturated rings. The molecule has 0 saturated heterocycles. The number of carbonyl (C=O) groups is 2. The van der Waals surface area contributed by atoms with Gasteiger partial charge in [-0.3, -0.25) is 9.59 Å². The maximum atomic E-state index is 11.7. The van der Waals surface area contributed by atoms with Gasteiger partial charge >= 0.3 is 5.97 Å². The summed E-state index contributed by atoms with van der Waals surface area (Å²) in [5.41, 5.74) is 0.489. The van der Waals surface area contributed by atoms with E-state index in [9.17, 15) is 9.59 Å². The molecule has 0 radical (unpaired) electrons. The van der Waals surface area contributed by atoms with E-state index < -0.39 is 5.97 Å². The molecule has 2 N–H and O–H groups in total. The maximum absolute atomic E-state index is 11.7. The summed E-state index contributed by atoms with van der Waals surface area (Å²) in [6, 6.07) is 0. The van der Waals surface area contributed by atoms with Crippen LogP contribution >= 0.6 is 11.3 Å². The van der Waals surface area contributed by atoms with Gasteiger partial charge in [0.2, 0.25) is 5.91 Å². The molecular weight excluding hydrogens is 264 g/mol. The van der Waals surface area contributed by atoms with Crippen molar-refractivity contribution in [2.45, 2.75) is 44.9 Å². The number of nitrogens with zero attached hydrogens (tertiary/aromatic N) is 1. The Balaban J connectivity index is 1.74. The third-order valence-corrected chi connectivity index (χ3v) is 4.19. The zero-order valence-corrected chi connectivity index (χ0v) is 11.5. The summed E-state index contributed by atoms with van der Waals surface area (Å²) < 4.78 is 0. The van der Waals surface area contributed by atoms with E-state index in [2.05, 4.69) is 10.3 Å². The summed E-state index contributed by atoms with van der Waals surface area (Å²) in [6.45, 7) is 0. The molecule has 1 amide bonds. The lowest BCUT2D eigenvalue weighted by molar-refractivity contribution is -0.136. The number of anilines is 1. The van der Waals surface area contributed by atoms with E-state index in [4.69, 9.17) is 5.11 Å². The van der Waals surface area contributed by atoms with E-state index in [-0.39, 0.29) is 12.3 Å². The fourth-order valence-corrected chi connectivity index (χ4v) is 3.14. The largest absolute Gasteiger partial charge is 0.481 e. The van der Waals surface area contributed by atoms with Crippen LogP contribution in [-0.4, -0.2) is 22.0 Å². The first kappa shape index (κ1) is 14.0. The average molecular weight is 282 g/mol. The van der Waals surface area contributed by atoms with Crippen LogP contribution in [0.4, 0.5) is 5.13 Å². The Morgan fingerprint density at radius 3 is 2.84 bits per heavy atom. The van der Waals surface area contributed by atoms with Crippen LogP contribution in [0.1, 0.15) is 44.2 Å². The zero-order chi connectivity index (χ0) is 13.7. The number of carboxylic acids is 1. The van der Waals surface area contributed by atoms with Crippen LogP contribution in [0.15, 0.2) is 5.38 Å². The highest BCUT2D eigenvalue weighted by Crippen LogP contribution is 2.28. The van der Waals surface area contributed by atoms with Gasteiger partial charge in [-0.2, -0.15) is 0 Å². The highest BCUT2D eigenvalue weighted by Gasteiger charge is 2.16. The van der Waals surface area contributed by atoms with Crippen LogP contribution in [0.25, 0.3) is 0 Å². The number of rotatable bonds is 6. The fourth-order valence-electron chi connectivity index (χ4n) is 2.42. The Morgan fingerprint density at radius 2 is 2.16 bits per heavy atom. The second kappa shape index (κ2) is 6.65. The number of aliphatic carboxylic acids is 1. The van der Waals surface area contributed by atoms with Crippen molar-refractivity contribution in [3.63, 3.8) is 0 Å². The molecule has 0 aliphatic heterocycles. The minimum atomic E-state index is -0.913. The number of carbonyl (C=O) groups excluding carboxylic acids is 1. The number of amides is 1. The zero-order valence-electron chi connectivity index (χ0n) is 10.7. The van der Waals surface area contributed by atoms with Gasteiger partial charge in [-0.05, 0) is 12.3 Å². The lowest BCUT2D eigenvalue weighted by Gasteiger charge is -2.07. The van der Waals surface area contributed by atoms with Crippen LogP contribution in [0, 0.1) is 5.92 Å². The molecule has 1 aromatic heterocycles.